The fourth-order valence-corrected chi connectivity index (χ4v) is 2.40. The molecule has 1 unspecified atom stereocenters. The lowest BCUT2D eigenvalue weighted by molar-refractivity contribution is -0.116. The van der Waals surface area contributed by atoms with Crippen LogP contribution in [0.15, 0.2) is 24.3 Å². The van der Waals surface area contributed by atoms with Gasteiger partial charge in [0.15, 0.2) is 0 Å². The largest absolute Gasteiger partial charge is 0.491 e. The number of methoxy groups -OCH3 is 1. The Hall–Kier alpha value is -1.30. The first-order valence-corrected chi connectivity index (χ1v) is 7.50. The minimum Gasteiger partial charge on any atom is -0.491 e. The van der Waals surface area contributed by atoms with E-state index in [0.29, 0.717) is 25.6 Å². The van der Waals surface area contributed by atoms with Crippen molar-refractivity contribution in [3.05, 3.63) is 24.3 Å². The van der Waals surface area contributed by atoms with E-state index in [4.69, 9.17) is 9.47 Å². The maximum absolute atomic E-state index is 11.9. The van der Waals surface area contributed by atoms with Crippen LogP contribution in [-0.2, 0) is 9.53 Å². The molecule has 2 N–H and O–H groups in total. The lowest BCUT2D eigenvalue weighted by Gasteiger charge is -2.10. The van der Waals surface area contributed by atoms with Gasteiger partial charge in [0.1, 0.15) is 12.4 Å². The number of carbonyl (C=O) groups excluding carboxylic acids is 1. The Morgan fingerprint density at radius 3 is 2.73 bits per heavy atom. The lowest BCUT2D eigenvalue weighted by atomic mass is 10.0. The molecule has 1 aliphatic rings. The van der Waals surface area contributed by atoms with Crippen LogP contribution >= 0.6 is 12.4 Å². The van der Waals surface area contributed by atoms with Crippen molar-refractivity contribution >= 4 is 24.0 Å². The maximum Gasteiger partial charge on any atom is 0.224 e. The molecule has 1 aliphatic heterocycles. The van der Waals surface area contributed by atoms with Crippen LogP contribution in [0.1, 0.15) is 19.3 Å². The lowest BCUT2D eigenvalue weighted by Crippen LogP contribution is -2.15. The van der Waals surface area contributed by atoms with Crippen molar-refractivity contribution in [2.45, 2.75) is 19.3 Å². The second-order valence-electron chi connectivity index (χ2n) is 5.31. The van der Waals surface area contributed by atoms with Crippen LogP contribution in [0.25, 0.3) is 0 Å². The molecule has 1 amide bonds. The molecule has 22 heavy (non-hydrogen) atoms. The number of hydrogen-bond acceptors (Lipinski definition) is 4. The third-order valence-corrected chi connectivity index (χ3v) is 3.64. The van der Waals surface area contributed by atoms with Crippen LogP contribution in [0.4, 0.5) is 5.69 Å². The number of ether oxygens (including phenoxy) is 2. The SMILES string of the molecule is COCCOc1ccc(NC(=O)CCC2CCNC2)cc1.Cl. The Morgan fingerprint density at radius 1 is 1.32 bits per heavy atom. The van der Waals surface area contributed by atoms with Gasteiger partial charge in [0, 0.05) is 19.2 Å². The monoisotopic (exact) mass is 328 g/mol. The van der Waals surface area contributed by atoms with Crippen molar-refractivity contribution in [2.24, 2.45) is 5.92 Å². The summed E-state index contributed by atoms with van der Waals surface area (Å²) in [4.78, 5) is 11.9. The number of halogens is 1. The molecule has 1 atom stereocenters. The van der Waals surface area contributed by atoms with E-state index < -0.39 is 0 Å². The molecule has 0 saturated carbocycles. The molecule has 0 radical (unpaired) electrons. The fraction of sp³-hybridized carbons (Fsp3) is 0.562. The highest BCUT2D eigenvalue weighted by molar-refractivity contribution is 5.90. The van der Waals surface area contributed by atoms with Crippen molar-refractivity contribution in [1.29, 1.82) is 0 Å². The summed E-state index contributed by atoms with van der Waals surface area (Å²) in [6, 6.07) is 7.42. The summed E-state index contributed by atoms with van der Waals surface area (Å²) in [5.74, 6) is 1.50. The van der Waals surface area contributed by atoms with Crippen LogP contribution in [0.5, 0.6) is 5.75 Å². The van der Waals surface area contributed by atoms with Gasteiger partial charge in [-0.05, 0) is 56.1 Å². The van der Waals surface area contributed by atoms with Gasteiger partial charge < -0.3 is 20.1 Å². The first kappa shape index (κ1) is 18.7. The molecular weight excluding hydrogens is 304 g/mol. The Bertz CT molecular complexity index is 434. The van der Waals surface area contributed by atoms with Gasteiger partial charge in [-0.25, -0.2) is 0 Å². The number of benzene rings is 1. The first-order valence-electron chi connectivity index (χ1n) is 7.50. The molecule has 124 valence electrons. The van der Waals surface area contributed by atoms with Crippen molar-refractivity contribution in [2.75, 3.05) is 38.7 Å². The zero-order valence-corrected chi connectivity index (χ0v) is 13.8. The minimum absolute atomic E-state index is 0. The summed E-state index contributed by atoms with van der Waals surface area (Å²) in [5.41, 5.74) is 0.809. The van der Waals surface area contributed by atoms with E-state index in [1.165, 1.54) is 6.42 Å². The van der Waals surface area contributed by atoms with Crippen molar-refractivity contribution in [1.82, 2.24) is 5.32 Å². The molecule has 6 heteroatoms. The highest BCUT2D eigenvalue weighted by Gasteiger charge is 2.15. The molecule has 0 aliphatic carbocycles. The topological polar surface area (TPSA) is 59.6 Å². The zero-order chi connectivity index (χ0) is 14.9. The Morgan fingerprint density at radius 2 is 2.09 bits per heavy atom. The van der Waals surface area contributed by atoms with Crippen molar-refractivity contribution in [3.8, 4) is 5.75 Å². The van der Waals surface area contributed by atoms with Crippen LogP contribution in [0.2, 0.25) is 0 Å². The minimum atomic E-state index is 0. The first-order chi connectivity index (χ1) is 10.3. The average Bonchev–Trinajstić information content (AvgIpc) is 3.01. The highest BCUT2D eigenvalue weighted by Crippen LogP contribution is 2.17. The molecule has 1 heterocycles. The van der Waals surface area contributed by atoms with E-state index in [2.05, 4.69) is 10.6 Å². The standard InChI is InChI=1S/C16H24N2O3.ClH/c1-20-10-11-21-15-5-3-14(4-6-15)18-16(19)7-2-13-8-9-17-12-13;/h3-6,13,17H,2,7-12H2,1H3,(H,18,19);1H. The molecule has 1 saturated heterocycles. The summed E-state index contributed by atoms with van der Waals surface area (Å²) >= 11 is 0. The zero-order valence-electron chi connectivity index (χ0n) is 13.0. The molecule has 1 aromatic carbocycles. The number of amides is 1. The molecule has 0 bridgehead atoms. The quantitative estimate of drug-likeness (QED) is 0.720. The summed E-state index contributed by atoms with van der Waals surface area (Å²) in [7, 11) is 1.64. The van der Waals surface area contributed by atoms with Gasteiger partial charge in [0.05, 0.1) is 6.61 Å². The molecular formula is C16H25ClN2O3. The van der Waals surface area contributed by atoms with E-state index >= 15 is 0 Å². The maximum atomic E-state index is 11.9. The van der Waals surface area contributed by atoms with Crippen LogP contribution in [0, 0.1) is 5.92 Å². The molecule has 0 aromatic heterocycles. The predicted molar refractivity (Wildman–Crippen MR) is 89.9 cm³/mol. The van der Waals surface area contributed by atoms with E-state index in [1.807, 2.05) is 24.3 Å². The summed E-state index contributed by atoms with van der Waals surface area (Å²) < 4.78 is 10.4. The van der Waals surface area contributed by atoms with Gasteiger partial charge in [-0.15, -0.1) is 12.4 Å². The van der Waals surface area contributed by atoms with Gasteiger partial charge in [-0.3, -0.25) is 4.79 Å². The van der Waals surface area contributed by atoms with E-state index in [0.717, 1.165) is 30.9 Å². The smallest absolute Gasteiger partial charge is 0.224 e. The molecule has 0 spiro atoms. The predicted octanol–water partition coefficient (Wildman–Crippen LogP) is 2.46. The van der Waals surface area contributed by atoms with Gasteiger partial charge in [0.25, 0.3) is 0 Å². The number of carbonyl (C=O) groups is 1. The van der Waals surface area contributed by atoms with Crippen molar-refractivity contribution in [3.63, 3.8) is 0 Å². The van der Waals surface area contributed by atoms with E-state index in [1.54, 1.807) is 7.11 Å². The molecule has 2 rings (SSSR count). The Kier molecular flexibility index (Phi) is 8.89. The third-order valence-electron chi connectivity index (χ3n) is 3.64. The van der Waals surface area contributed by atoms with Crippen LogP contribution < -0.4 is 15.4 Å². The van der Waals surface area contributed by atoms with Gasteiger partial charge in [0.2, 0.25) is 5.91 Å². The molecule has 1 aromatic rings. The summed E-state index contributed by atoms with van der Waals surface area (Å²) in [5, 5.41) is 6.24. The second-order valence-corrected chi connectivity index (χ2v) is 5.31. The van der Waals surface area contributed by atoms with Crippen LogP contribution in [0.3, 0.4) is 0 Å². The fourth-order valence-electron chi connectivity index (χ4n) is 2.40. The number of rotatable bonds is 8. The number of anilines is 1. The Labute approximate surface area is 138 Å². The molecule has 1 fully saturated rings. The summed E-state index contributed by atoms with van der Waals surface area (Å²) in [6.07, 6.45) is 2.72. The van der Waals surface area contributed by atoms with E-state index in [9.17, 15) is 4.79 Å². The molecule has 5 nitrogen and oxygen atoms in total. The summed E-state index contributed by atoms with van der Waals surface area (Å²) in [6.45, 7) is 3.21. The van der Waals surface area contributed by atoms with Gasteiger partial charge in [-0.1, -0.05) is 0 Å². The highest BCUT2D eigenvalue weighted by atomic mass is 35.5. The average molecular weight is 329 g/mol. The van der Waals surface area contributed by atoms with E-state index in [-0.39, 0.29) is 18.3 Å². The third kappa shape index (κ3) is 6.64. The second kappa shape index (κ2) is 10.4. The normalized spacial score (nSPS) is 16.9. The number of nitrogens with one attached hydrogen (secondary N) is 2. The van der Waals surface area contributed by atoms with Gasteiger partial charge in [-0.2, -0.15) is 0 Å². The van der Waals surface area contributed by atoms with Gasteiger partial charge >= 0.3 is 0 Å². The van der Waals surface area contributed by atoms with Crippen molar-refractivity contribution < 1.29 is 14.3 Å². The number of hydrogen-bond donors (Lipinski definition) is 2. The van der Waals surface area contributed by atoms with Crippen LogP contribution in [-0.4, -0.2) is 39.3 Å². The Balaban J connectivity index is 0.00000242.